The van der Waals surface area contributed by atoms with E-state index in [-0.39, 0.29) is 51.4 Å². The van der Waals surface area contributed by atoms with E-state index >= 15 is 0 Å². The summed E-state index contributed by atoms with van der Waals surface area (Å²) in [5, 5.41) is 0.728. The van der Waals surface area contributed by atoms with Crippen molar-refractivity contribution in [2.45, 2.75) is 0 Å². The molecule has 0 unspecified atom stereocenters. The van der Waals surface area contributed by atoms with E-state index in [0.29, 0.717) is 0 Å². The zero-order valence-electron chi connectivity index (χ0n) is 7.07. The summed E-state index contributed by atoms with van der Waals surface area (Å²) in [5.74, 6) is 0. The summed E-state index contributed by atoms with van der Waals surface area (Å²) in [6.45, 7) is 0. The number of nitrogens with zero attached hydrogens (tertiary/aromatic N) is 1. The van der Waals surface area contributed by atoms with Crippen molar-refractivity contribution < 1.29 is 56.1 Å². The Bertz CT molecular complexity index is 341. The zero-order valence-corrected chi connectivity index (χ0v) is 11.0. The van der Waals surface area contributed by atoms with Crippen LogP contribution in [0.5, 0.6) is 5.19 Å². The molecule has 0 radical (unpaired) electrons. The van der Waals surface area contributed by atoms with Gasteiger partial charge in [-0.05, 0) is 12.1 Å². The third-order valence-electron chi connectivity index (χ3n) is 1.45. The van der Waals surface area contributed by atoms with Gasteiger partial charge in [0.15, 0.2) is 0 Å². The average Bonchev–Trinajstić information content (AvgIpc) is 2.46. The Hall–Kier alpha value is 0.546. The Morgan fingerprint density at radius 2 is 2.08 bits per heavy atom. The molecule has 2 nitrogen and oxygen atoms in total. The van der Waals surface area contributed by atoms with Crippen LogP contribution in [-0.2, 0) is 0 Å². The summed E-state index contributed by atoms with van der Waals surface area (Å²) in [5.41, 5.74) is 1.01. The van der Waals surface area contributed by atoms with Crippen molar-refractivity contribution >= 4 is 21.6 Å². The maximum atomic E-state index is 5.01. The Balaban J connectivity index is 0.000000720. The minimum absolute atomic E-state index is 0. The summed E-state index contributed by atoms with van der Waals surface area (Å²) in [7, 11) is 1.64. The molecule has 0 saturated carbocycles. The first kappa shape index (κ1) is 10.6. The summed E-state index contributed by atoms with van der Waals surface area (Å²) in [6, 6.07) is 7.99. The van der Waals surface area contributed by atoms with Gasteiger partial charge in [0.05, 0.1) is 17.3 Å². The second-order valence-corrected chi connectivity index (χ2v) is 3.14. The third kappa shape index (κ3) is 2.07. The molecule has 0 bridgehead atoms. The topological polar surface area (TPSA) is 22.1 Å². The zero-order chi connectivity index (χ0) is 7.68. The third-order valence-corrected chi connectivity index (χ3v) is 2.45. The Kier molecular flexibility index (Phi) is 4.15. The van der Waals surface area contributed by atoms with Crippen LogP contribution in [0.15, 0.2) is 24.3 Å². The van der Waals surface area contributed by atoms with E-state index in [4.69, 9.17) is 4.74 Å². The normalized spacial score (nSPS) is 9.42. The van der Waals surface area contributed by atoms with Crippen molar-refractivity contribution in [3.05, 3.63) is 24.3 Å². The number of thiazole rings is 1. The number of hydrogen-bond donors (Lipinski definition) is 0. The predicted molar refractivity (Wildman–Crippen MR) is 46.2 cm³/mol. The van der Waals surface area contributed by atoms with E-state index in [1.807, 2.05) is 24.3 Å². The quantitative estimate of drug-likeness (QED) is 0.574. The van der Waals surface area contributed by atoms with Gasteiger partial charge in [0.25, 0.3) is 5.19 Å². The molecule has 0 spiro atoms. The van der Waals surface area contributed by atoms with Gasteiger partial charge in [-0.25, -0.2) is 4.98 Å². The monoisotopic (exact) mass is 204 g/mol. The standard InChI is InChI=1S/C8H7NOS.K/c1-10-8-9-6-4-2-3-5-7(6)11-8;/h2-5H,1H3;/q;+1. The summed E-state index contributed by atoms with van der Waals surface area (Å²) in [6.07, 6.45) is 0. The van der Waals surface area contributed by atoms with Crippen LogP contribution in [0, 0.1) is 0 Å². The van der Waals surface area contributed by atoms with Crippen LogP contribution in [0.4, 0.5) is 0 Å². The van der Waals surface area contributed by atoms with E-state index in [1.165, 1.54) is 4.70 Å². The molecule has 0 amide bonds. The van der Waals surface area contributed by atoms with Crippen LogP contribution >= 0.6 is 11.3 Å². The summed E-state index contributed by atoms with van der Waals surface area (Å²) in [4.78, 5) is 4.23. The second-order valence-electron chi connectivity index (χ2n) is 2.15. The first-order chi connectivity index (χ1) is 5.40. The Morgan fingerprint density at radius 3 is 2.75 bits per heavy atom. The summed E-state index contributed by atoms with van der Waals surface area (Å²) < 4.78 is 6.18. The van der Waals surface area contributed by atoms with Crippen LogP contribution < -0.4 is 56.1 Å². The molecule has 0 atom stereocenters. The molecule has 56 valence electrons. The van der Waals surface area contributed by atoms with Crippen LogP contribution in [0.3, 0.4) is 0 Å². The molecular formula is C8H7KNOS+. The summed E-state index contributed by atoms with van der Waals surface area (Å²) >= 11 is 1.56. The molecule has 1 heterocycles. The van der Waals surface area contributed by atoms with Crippen molar-refractivity contribution in [2.24, 2.45) is 0 Å². The van der Waals surface area contributed by atoms with Gasteiger partial charge in [-0.3, -0.25) is 0 Å². The molecule has 0 aliphatic heterocycles. The fourth-order valence-corrected chi connectivity index (χ4v) is 1.72. The maximum Gasteiger partial charge on any atom is 1.00 e. The number of hydrogen-bond acceptors (Lipinski definition) is 3. The molecule has 2 aromatic rings. The number of ether oxygens (including phenoxy) is 1. The minimum atomic E-state index is 0. The smallest absolute Gasteiger partial charge is 0.473 e. The Morgan fingerprint density at radius 1 is 1.33 bits per heavy atom. The molecular weight excluding hydrogens is 197 g/mol. The van der Waals surface area contributed by atoms with Gasteiger partial charge in [-0.1, -0.05) is 23.5 Å². The second kappa shape index (κ2) is 4.69. The number of methoxy groups -OCH3 is 1. The van der Waals surface area contributed by atoms with E-state index in [1.54, 1.807) is 18.4 Å². The average molecular weight is 204 g/mol. The molecule has 0 fully saturated rings. The van der Waals surface area contributed by atoms with E-state index in [9.17, 15) is 0 Å². The van der Waals surface area contributed by atoms with Gasteiger partial charge in [-0.2, -0.15) is 0 Å². The molecule has 0 saturated heterocycles. The predicted octanol–water partition coefficient (Wildman–Crippen LogP) is -0.691. The fourth-order valence-electron chi connectivity index (χ4n) is 0.938. The number of fused-ring (bicyclic) bond motifs is 1. The number of benzene rings is 1. The van der Waals surface area contributed by atoms with E-state index < -0.39 is 0 Å². The van der Waals surface area contributed by atoms with Gasteiger partial charge in [0.2, 0.25) is 0 Å². The molecule has 2 rings (SSSR count). The molecule has 0 N–H and O–H groups in total. The van der Waals surface area contributed by atoms with Gasteiger partial charge in [0.1, 0.15) is 0 Å². The molecule has 12 heavy (non-hydrogen) atoms. The minimum Gasteiger partial charge on any atom is -0.473 e. The fraction of sp³-hybridized carbons (Fsp3) is 0.125. The van der Waals surface area contributed by atoms with E-state index in [0.717, 1.165) is 10.7 Å². The van der Waals surface area contributed by atoms with Gasteiger partial charge < -0.3 is 4.74 Å². The van der Waals surface area contributed by atoms with Crippen LogP contribution in [0.25, 0.3) is 10.2 Å². The van der Waals surface area contributed by atoms with Crippen LogP contribution in [0.1, 0.15) is 0 Å². The molecule has 0 aliphatic rings. The number of aromatic nitrogens is 1. The first-order valence-corrected chi connectivity index (χ1v) is 4.11. The molecule has 1 aromatic carbocycles. The molecule has 1 aromatic heterocycles. The van der Waals surface area contributed by atoms with Crippen molar-refractivity contribution in [1.29, 1.82) is 0 Å². The van der Waals surface area contributed by atoms with Crippen LogP contribution in [-0.4, -0.2) is 12.1 Å². The SMILES string of the molecule is COc1nc2ccccc2s1.[K+]. The van der Waals surface area contributed by atoms with Crippen LogP contribution in [0.2, 0.25) is 0 Å². The van der Waals surface area contributed by atoms with Gasteiger partial charge in [0, 0.05) is 0 Å². The Labute approximate surface area is 117 Å². The van der Waals surface area contributed by atoms with Crippen molar-refractivity contribution in [3.63, 3.8) is 0 Å². The van der Waals surface area contributed by atoms with E-state index in [2.05, 4.69) is 4.98 Å². The number of rotatable bonds is 1. The first-order valence-electron chi connectivity index (χ1n) is 3.30. The largest absolute Gasteiger partial charge is 1.00 e. The van der Waals surface area contributed by atoms with Crippen molar-refractivity contribution in [2.75, 3.05) is 7.11 Å². The van der Waals surface area contributed by atoms with Crippen molar-refractivity contribution in [3.8, 4) is 5.19 Å². The van der Waals surface area contributed by atoms with Crippen molar-refractivity contribution in [1.82, 2.24) is 4.98 Å². The van der Waals surface area contributed by atoms with Gasteiger partial charge >= 0.3 is 51.4 Å². The molecule has 4 heteroatoms. The number of para-hydroxylation sites is 1. The van der Waals surface area contributed by atoms with Gasteiger partial charge in [-0.15, -0.1) is 0 Å². The molecule has 0 aliphatic carbocycles. The maximum absolute atomic E-state index is 5.01.